The van der Waals surface area contributed by atoms with Crippen LogP contribution in [0.4, 0.5) is 5.69 Å². The topological polar surface area (TPSA) is 55.1 Å². The first kappa shape index (κ1) is 15.7. The molecule has 1 rings (SSSR count). The van der Waals surface area contributed by atoms with Crippen LogP contribution in [-0.4, -0.2) is 11.9 Å². The van der Waals surface area contributed by atoms with Gasteiger partial charge in [-0.25, -0.2) is 0 Å². The van der Waals surface area contributed by atoms with E-state index in [0.717, 1.165) is 31.4 Å². The number of hydrogen-bond donors (Lipinski definition) is 2. The lowest BCUT2D eigenvalue weighted by atomic mass is 9.98. The van der Waals surface area contributed by atoms with E-state index >= 15 is 0 Å². The number of unbranched alkanes of at least 4 members (excludes halogenated alkanes) is 1. The molecule has 19 heavy (non-hydrogen) atoms. The summed E-state index contributed by atoms with van der Waals surface area (Å²) in [5.74, 6) is 0.460. The number of hydrogen-bond acceptors (Lipinski definition) is 2. The summed E-state index contributed by atoms with van der Waals surface area (Å²) in [4.78, 5) is 11.9. The molecule has 2 atom stereocenters. The van der Waals surface area contributed by atoms with Crippen LogP contribution >= 0.6 is 0 Å². The Bertz CT molecular complexity index is 386. The van der Waals surface area contributed by atoms with Crippen molar-refractivity contribution in [1.82, 2.24) is 0 Å². The van der Waals surface area contributed by atoms with Crippen molar-refractivity contribution in [2.75, 3.05) is 5.32 Å². The molecule has 0 aliphatic carbocycles. The van der Waals surface area contributed by atoms with Crippen molar-refractivity contribution in [2.45, 2.75) is 58.4 Å². The number of carbonyl (C=O) groups excluding carboxylic acids is 1. The molecule has 0 radical (unpaired) electrons. The van der Waals surface area contributed by atoms with Crippen molar-refractivity contribution in [1.29, 1.82) is 0 Å². The number of amides is 1. The van der Waals surface area contributed by atoms with Crippen LogP contribution in [0.15, 0.2) is 24.3 Å². The van der Waals surface area contributed by atoms with Gasteiger partial charge in [-0.15, -0.1) is 0 Å². The second kappa shape index (κ2) is 7.95. The van der Waals surface area contributed by atoms with Crippen LogP contribution in [0.2, 0.25) is 0 Å². The predicted octanol–water partition coefficient (Wildman–Crippen LogP) is 3.66. The second-order valence-corrected chi connectivity index (χ2v) is 5.17. The highest BCUT2D eigenvalue weighted by atomic mass is 16.2. The Labute approximate surface area is 116 Å². The smallest absolute Gasteiger partial charge is 0.241 e. The summed E-state index contributed by atoms with van der Waals surface area (Å²) in [7, 11) is 0. The van der Waals surface area contributed by atoms with Crippen LogP contribution in [0, 0.1) is 0 Å². The lowest BCUT2D eigenvalue weighted by Crippen LogP contribution is -2.35. The molecule has 1 aromatic rings. The van der Waals surface area contributed by atoms with Gasteiger partial charge in [0, 0.05) is 5.69 Å². The molecule has 1 unspecified atom stereocenters. The Morgan fingerprint density at radius 1 is 1.26 bits per heavy atom. The van der Waals surface area contributed by atoms with Crippen molar-refractivity contribution in [2.24, 2.45) is 5.73 Å². The Hall–Kier alpha value is -1.35. The lowest BCUT2D eigenvalue weighted by Gasteiger charge is -2.13. The van der Waals surface area contributed by atoms with Gasteiger partial charge in [-0.1, -0.05) is 45.7 Å². The number of carbonyl (C=O) groups is 1. The zero-order valence-electron chi connectivity index (χ0n) is 12.3. The first-order valence-corrected chi connectivity index (χ1v) is 7.24. The molecule has 0 heterocycles. The van der Waals surface area contributed by atoms with Crippen molar-refractivity contribution in [3.8, 4) is 0 Å². The second-order valence-electron chi connectivity index (χ2n) is 5.17. The van der Waals surface area contributed by atoms with Crippen LogP contribution in [0.5, 0.6) is 0 Å². The fraction of sp³-hybridized carbons (Fsp3) is 0.562. The maximum atomic E-state index is 11.9. The minimum absolute atomic E-state index is 0.0928. The normalized spacial score (nSPS) is 13.9. The van der Waals surface area contributed by atoms with E-state index in [1.807, 2.05) is 12.1 Å². The number of benzene rings is 1. The molecule has 0 aliphatic rings. The molecular weight excluding hydrogens is 236 g/mol. The van der Waals surface area contributed by atoms with E-state index in [1.54, 1.807) is 0 Å². The van der Waals surface area contributed by atoms with Gasteiger partial charge in [0.2, 0.25) is 5.91 Å². The monoisotopic (exact) mass is 262 g/mol. The number of nitrogens with two attached hydrogens (primary N) is 1. The highest BCUT2D eigenvalue weighted by Gasteiger charge is 2.12. The first-order chi connectivity index (χ1) is 9.08. The highest BCUT2D eigenvalue weighted by Crippen LogP contribution is 2.20. The van der Waals surface area contributed by atoms with Crippen molar-refractivity contribution >= 4 is 11.6 Å². The molecule has 0 saturated carbocycles. The third-order valence-electron chi connectivity index (χ3n) is 3.57. The average Bonchev–Trinajstić information content (AvgIpc) is 2.44. The Morgan fingerprint density at radius 3 is 2.42 bits per heavy atom. The average molecular weight is 262 g/mol. The van der Waals surface area contributed by atoms with Crippen molar-refractivity contribution in [3.63, 3.8) is 0 Å². The molecule has 1 amide bonds. The predicted molar refractivity (Wildman–Crippen MR) is 81.3 cm³/mol. The largest absolute Gasteiger partial charge is 0.325 e. The third kappa shape index (κ3) is 5.03. The number of rotatable bonds is 7. The molecule has 0 bridgehead atoms. The summed E-state index contributed by atoms with van der Waals surface area (Å²) in [6, 6.07) is 7.63. The van der Waals surface area contributed by atoms with E-state index < -0.39 is 6.04 Å². The minimum Gasteiger partial charge on any atom is -0.325 e. The van der Waals surface area contributed by atoms with Gasteiger partial charge < -0.3 is 11.1 Å². The van der Waals surface area contributed by atoms with Gasteiger partial charge in [0.25, 0.3) is 0 Å². The number of nitrogens with one attached hydrogen (secondary N) is 1. The Morgan fingerprint density at radius 2 is 1.89 bits per heavy atom. The standard InChI is InChI=1S/C16H26N2O/c1-4-6-7-15(17)16(19)18-14-10-8-13(9-11-14)12(3)5-2/h8-12,15H,4-7,17H2,1-3H3,(H,18,19)/t12?,15-/m0/s1. The van der Waals surface area contributed by atoms with Gasteiger partial charge in [0.15, 0.2) is 0 Å². The van der Waals surface area contributed by atoms with E-state index in [9.17, 15) is 4.79 Å². The lowest BCUT2D eigenvalue weighted by molar-refractivity contribution is -0.117. The quantitative estimate of drug-likeness (QED) is 0.788. The summed E-state index contributed by atoms with van der Waals surface area (Å²) in [5, 5.41) is 2.87. The molecule has 0 aromatic heterocycles. The van der Waals surface area contributed by atoms with Crippen LogP contribution in [0.3, 0.4) is 0 Å². The molecule has 106 valence electrons. The molecule has 1 aromatic carbocycles. The van der Waals surface area contributed by atoms with Crippen LogP contribution < -0.4 is 11.1 Å². The highest BCUT2D eigenvalue weighted by molar-refractivity contribution is 5.94. The molecule has 0 aliphatic heterocycles. The minimum atomic E-state index is -0.408. The van der Waals surface area contributed by atoms with Gasteiger partial charge in [0.05, 0.1) is 6.04 Å². The van der Waals surface area contributed by atoms with E-state index in [2.05, 4.69) is 38.2 Å². The Kier molecular flexibility index (Phi) is 6.57. The van der Waals surface area contributed by atoms with Gasteiger partial charge in [0.1, 0.15) is 0 Å². The fourth-order valence-electron chi connectivity index (χ4n) is 1.92. The SMILES string of the molecule is CCCC[C@H](N)C(=O)Nc1ccc(C(C)CC)cc1. The molecular formula is C16H26N2O. The van der Waals surface area contributed by atoms with Crippen LogP contribution in [0.25, 0.3) is 0 Å². The zero-order chi connectivity index (χ0) is 14.3. The Balaban J connectivity index is 2.55. The van der Waals surface area contributed by atoms with Gasteiger partial charge in [-0.3, -0.25) is 4.79 Å². The maximum absolute atomic E-state index is 11.9. The van der Waals surface area contributed by atoms with E-state index in [4.69, 9.17) is 5.73 Å². The summed E-state index contributed by atoms with van der Waals surface area (Å²) in [5.41, 5.74) is 7.96. The molecule has 3 nitrogen and oxygen atoms in total. The van der Waals surface area contributed by atoms with Crippen LogP contribution in [-0.2, 0) is 4.79 Å². The fourth-order valence-corrected chi connectivity index (χ4v) is 1.92. The third-order valence-corrected chi connectivity index (χ3v) is 3.57. The zero-order valence-corrected chi connectivity index (χ0v) is 12.3. The van der Waals surface area contributed by atoms with E-state index in [1.165, 1.54) is 5.56 Å². The first-order valence-electron chi connectivity index (χ1n) is 7.24. The molecule has 3 heteroatoms. The van der Waals surface area contributed by atoms with Gasteiger partial charge >= 0.3 is 0 Å². The van der Waals surface area contributed by atoms with Gasteiger partial charge in [-0.05, 0) is 36.5 Å². The summed E-state index contributed by atoms with van der Waals surface area (Å²) < 4.78 is 0. The maximum Gasteiger partial charge on any atom is 0.241 e. The van der Waals surface area contributed by atoms with E-state index in [-0.39, 0.29) is 5.91 Å². The molecule has 0 saturated heterocycles. The van der Waals surface area contributed by atoms with Crippen molar-refractivity contribution < 1.29 is 4.79 Å². The number of anilines is 1. The van der Waals surface area contributed by atoms with Crippen molar-refractivity contribution in [3.05, 3.63) is 29.8 Å². The molecule has 0 spiro atoms. The van der Waals surface area contributed by atoms with Gasteiger partial charge in [-0.2, -0.15) is 0 Å². The summed E-state index contributed by atoms with van der Waals surface area (Å²) >= 11 is 0. The molecule has 3 N–H and O–H groups in total. The summed E-state index contributed by atoms with van der Waals surface area (Å²) in [6.07, 6.45) is 3.91. The summed E-state index contributed by atoms with van der Waals surface area (Å²) in [6.45, 7) is 6.47. The molecule has 0 fully saturated rings. The van der Waals surface area contributed by atoms with E-state index in [0.29, 0.717) is 5.92 Å². The van der Waals surface area contributed by atoms with Crippen LogP contribution in [0.1, 0.15) is 57.9 Å².